The van der Waals surface area contributed by atoms with Crippen molar-refractivity contribution in [2.75, 3.05) is 27.4 Å². The molecule has 132 valence electrons. The van der Waals surface area contributed by atoms with Crippen LogP contribution < -0.4 is 5.32 Å². The van der Waals surface area contributed by atoms with E-state index in [1.165, 1.54) is 21.1 Å². The van der Waals surface area contributed by atoms with Crippen molar-refractivity contribution >= 4 is 23.5 Å². The van der Waals surface area contributed by atoms with Crippen molar-refractivity contribution in [1.29, 1.82) is 0 Å². The lowest BCUT2D eigenvalue weighted by Gasteiger charge is -2.17. The largest absolute Gasteiger partial charge is 0.469 e. The highest BCUT2D eigenvalue weighted by molar-refractivity contribution is 5.85. The zero-order valence-electron chi connectivity index (χ0n) is 13.8. The van der Waals surface area contributed by atoms with E-state index in [-0.39, 0.29) is 18.6 Å². The lowest BCUT2D eigenvalue weighted by molar-refractivity contribution is -0.148. The summed E-state index contributed by atoms with van der Waals surface area (Å²) < 4.78 is 9.25. The third-order valence-corrected chi connectivity index (χ3v) is 3.28. The first-order chi connectivity index (χ1) is 10.8. The average molecular weight is 331 g/mol. The number of esters is 2. The maximum atomic E-state index is 11.6. The number of hydrogen-bond acceptors (Lipinski definition) is 8. The molecule has 0 aromatic heterocycles. The number of methoxy groups -OCH3 is 2. The van der Waals surface area contributed by atoms with E-state index < -0.39 is 36.3 Å². The molecule has 0 saturated carbocycles. The van der Waals surface area contributed by atoms with Crippen LogP contribution in [0, 0.1) is 5.92 Å². The number of carbonyl (C=O) groups excluding carboxylic acids is 4. The van der Waals surface area contributed by atoms with E-state index in [9.17, 15) is 19.2 Å². The minimum absolute atomic E-state index is 0.0239. The van der Waals surface area contributed by atoms with Gasteiger partial charge >= 0.3 is 11.9 Å². The van der Waals surface area contributed by atoms with Crippen molar-refractivity contribution in [1.82, 2.24) is 5.32 Å². The van der Waals surface area contributed by atoms with Gasteiger partial charge in [0.25, 0.3) is 0 Å². The highest BCUT2D eigenvalue weighted by Crippen LogP contribution is 2.13. The Labute approximate surface area is 135 Å². The van der Waals surface area contributed by atoms with Crippen LogP contribution in [0.4, 0.5) is 0 Å². The molecule has 0 fully saturated rings. The lowest BCUT2D eigenvalue weighted by atomic mass is 9.97. The Morgan fingerprint density at radius 3 is 2.13 bits per heavy atom. The van der Waals surface area contributed by atoms with Crippen LogP contribution in [0.1, 0.15) is 32.6 Å². The Balaban J connectivity index is 4.39. The minimum atomic E-state index is -0.729. The average Bonchev–Trinajstić information content (AvgIpc) is 2.54. The van der Waals surface area contributed by atoms with Gasteiger partial charge in [-0.1, -0.05) is 0 Å². The molecule has 0 spiro atoms. The van der Waals surface area contributed by atoms with Crippen LogP contribution in [0.25, 0.3) is 0 Å². The summed E-state index contributed by atoms with van der Waals surface area (Å²) in [5, 5.41) is 11.7. The number of carbonyl (C=O) groups is 4. The smallest absolute Gasteiger partial charge is 0.323 e. The summed E-state index contributed by atoms with van der Waals surface area (Å²) >= 11 is 0. The van der Waals surface area contributed by atoms with Crippen LogP contribution in [-0.2, 0) is 28.7 Å². The summed E-state index contributed by atoms with van der Waals surface area (Å²) in [4.78, 5) is 45.5. The van der Waals surface area contributed by atoms with Gasteiger partial charge in [-0.25, -0.2) is 0 Å². The highest BCUT2D eigenvalue weighted by Gasteiger charge is 2.23. The Bertz CT molecular complexity index is 422. The molecule has 0 rings (SSSR count). The molecule has 0 aliphatic rings. The highest BCUT2D eigenvalue weighted by atomic mass is 16.5. The van der Waals surface area contributed by atoms with E-state index in [4.69, 9.17) is 5.11 Å². The molecular formula is C15H25NO7. The zero-order valence-corrected chi connectivity index (χ0v) is 13.8. The molecule has 23 heavy (non-hydrogen) atoms. The van der Waals surface area contributed by atoms with Gasteiger partial charge in [-0.3, -0.25) is 19.2 Å². The van der Waals surface area contributed by atoms with Crippen molar-refractivity contribution < 1.29 is 33.8 Å². The molecule has 8 nitrogen and oxygen atoms in total. The van der Waals surface area contributed by atoms with E-state index in [2.05, 4.69) is 14.8 Å². The third-order valence-electron chi connectivity index (χ3n) is 3.28. The third kappa shape index (κ3) is 9.04. The molecule has 0 heterocycles. The number of nitrogens with one attached hydrogen (secondary N) is 1. The van der Waals surface area contributed by atoms with Gasteiger partial charge in [-0.2, -0.15) is 0 Å². The van der Waals surface area contributed by atoms with Gasteiger partial charge in [0.2, 0.25) is 0 Å². The van der Waals surface area contributed by atoms with E-state index in [1.54, 1.807) is 0 Å². The SMILES string of the molecule is COC(=O)C(CCCNC(CC(C)=O)C(=O)OC)CC(=O)CO. The van der Waals surface area contributed by atoms with Crippen LogP contribution in [0.2, 0.25) is 0 Å². The Hall–Kier alpha value is -1.80. The number of ether oxygens (including phenoxy) is 2. The normalized spacial score (nSPS) is 13.0. The predicted octanol–water partition coefficient (Wildman–Crippen LogP) is -0.382. The van der Waals surface area contributed by atoms with Gasteiger partial charge in [0, 0.05) is 12.8 Å². The molecule has 0 aliphatic carbocycles. The molecule has 0 amide bonds. The maximum Gasteiger partial charge on any atom is 0.323 e. The second kappa shape index (κ2) is 11.7. The first-order valence-electron chi connectivity index (χ1n) is 7.36. The van der Waals surface area contributed by atoms with E-state index in [1.807, 2.05) is 0 Å². The van der Waals surface area contributed by atoms with Gasteiger partial charge in [0.15, 0.2) is 5.78 Å². The fourth-order valence-corrected chi connectivity index (χ4v) is 2.10. The molecule has 8 heteroatoms. The summed E-state index contributed by atoms with van der Waals surface area (Å²) in [6, 6.07) is -0.729. The number of Topliss-reactive ketones (excluding diaryl/α,β-unsaturated/α-hetero) is 2. The van der Waals surface area contributed by atoms with Gasteiger partial charge in [0.1, 0.15) is 18.4 Å². The first kappa shape index (κ1) is 21.2. The van der Waals surface area contributed by atoms with E-state index >= 15 is 0 Å². The first-order valence-corrected chi connectivity index (χ1v) is 7.36. The van der Waals surface area contributed by atoms with E-state index in [0.717, 1.165) is 0 Å². The van der Waals surface area contributed by atoms with Crippen LogP contribution in [0.5, 0.6) is 0 Å². The quantitative estimate of drug-likeness (QED) is 0.367. The van der Waals surface area contributed by atoms with Crippen LogP contribution in [0.15, 0.2) is 0 Å². The standard InChI is InChI=1S/C15H25NO7/c1-10(18)7-13(15(21)23-3)16-6-4-5-11(14(20)22-2)8-12(19)9-17/h11,13,16-17H,4-9H2,1-3H3. The van der Waals surface area contributed by atoms with Gasteiger partial charge in [0.05, 0.1) is 20.1 Å². The molecule has 0 radical (unpaired) electrons. The van der Waals surface area contributed by atoms with Crippen molar-refractivity contribution in [3.8, 4) is 0 Å². The molecular weight excluding hydrogens is 306 g/mol. The number of ketones is 2. The monoisotopic (exact) mass is 331 g/mol. The molecule has 2 unspecified atom stereocenters. The van der Waals surface area contributed by atoms with Gasteiger partial charge in [-0.05, 0) is 26.3 Å². The second-order valence-corrected chi connectivity index (χ2v) is 5.20. The fraction of sp³-hybridized carbons (Fsp3) is 0.733. The van der Waals surface area contributed by atoms with Gasteiger partial charge in [-0.15, -0.1) is 0 Å². The number of hydrogen-bond donors (Lipinski definition) is 2. The number of rotatable bonds is 12. The fourth-order valence-electron chi connectivity index (χ4n) is 2.10. The molecule has 0 saturated heterocycles. The van der Waals surface area contributed by atoms with Crippen molar-refractivity contribution in [3.63, 3.8) is 0 Å². The summed E-state index contributed by atoms with van der Waals surface area (Å²) in [6.45, 7) is 1.13. The minimum Gasteiger partial charge on any atom is -0.469 e. The second-order valence-electron chi connectivity index (χ2n) is 5.20. The molecule has 0 aromatic rings. The van der Waals surface area contributed by atoms with E-state index in [0.29, 0.717) is 19.4 Å². The van der Waals surface area contributed by atoms with Crippen molar-refractivity contribution in [2.45, 2.75) is 38.6 Å². The number of aliphatic hydroxyl groups excluding tert-OH is 1. The van der Waals surface area contributed by atoms with Crippen LogP contribution in [-0.4, -0.2) is 62.0 Å². The Kier molecular flexibility index (Phi) is 10.8. The molecule has 2 N–H and O–H groups in total. The Morgan fingerprint density at radius 1 is 1.04 bits per heavy atom. The van der Waals surface area contributed by atoms with Crippen LogP contribution >= 0.6 is 0 Å². The maximum absolute atomic E-state index is 11.6. The zero-order chi connectivity index (χ0) is 17.8. The molecule has 2 atom stereocenters. The molecule has 0 aromatic carbocycles. The summed E-state index contributed by atoms with van der Waals surface area (Å²) in [5.41, 5.74) is 0. The van der Waals surface area contributed by atoms with Crippen molar-refractivity contribution in [2.24, 2.45) is 5.92 Å². The number of aliphatic hydroxyl groups is 1. The Morgan fingerprint density at radius 2 is 1.65 bits per heavy atom. The van der Waals surface area contributed by atoms with Crippen molar-refractivity contribution in [3.05, 3.63) is 0 Å². The predicted molar refractivity (Wildman–Crippen MR) is 80.6 cm³/mol. The lowest BCUT2D eigenvalue weighted by Crippen LogP contribution is -2.39. The molecule has 0 bridgehead atoms. The summed E-state index contributed by atoms with van der Waals surface area (Å²) in [5.74, 6) is -2.25. The van der Waals surface area contributed by atoms with Crippen LogP contribution in [0.3, 0.4) is 0 Å². The summed E-state index contributed by atoms with van der Waals surface area (Å²) in [6.07, 6.45) is 0.788. The van der Waals surface area contributed by atoms with Gasteiger partial charge < -0.3 is 19.9 Å². The molecule has 0 aliphatic heterocycles. The summed E-state index contributed by atoms with van der Waals surface area (Å²) in [7, 11) is 2.47. The topological polar surface area (TPSA) is 119 Å².